The van der Waals surface area contributed by atoms with Crippen molar-refractivity contribution in [2.24, 2.45) is 0 Å². The Morgan fingerprint density at radius 2 is 2.11 bits per heavy atom. The predicted molar refractivity (Wildman–Crippen MR) is 77.7 cm³/mol. The van der Waals surface area contributed by atoms with Crippen molar-refractivity contribution in [1.82, 2.24) is 5.32 Å². The van der Waals surface area contributed by atoms with Crippen LogP contribution in [0.15, 0.2) is 40.8 Å². The van der Waals surface area contributed by atoms with E-state index in [1.54, 1.807) is 0 Å². The van der Waals surface area contributed by atoms with Crippen LogP contribution >= 0.6 is 22.6 Å². The molecule has 3 nitrogen and oxygen atoms in total. The lowest BCUT2D eigenvalue weighted by molar-refractivity contribution is 0.225. The molecular weight excluding hydrogens is 341 g/mol. The molecule has 0 saturated heterocycles. The Kier molecular flexibility index (Phi) is 3.56. The Balaban J connectivity index is 1.48. The minimum absolute atomic E-state index is 0.233. The van der Waals surface area contributed by atoms with Gasteiger partial charge in [-0.1, -0.05) is 18.2 Å². The monoisotopic (exact) mass is 355 g/mol. The van der Waals surface area contributed by atoms with E-state index >= 15 is 0 Å². The van der Waals surface area contributed by atoms with E-state index in [1.807, 2.05) is 24.3 Å². The van der Waals surface area contributed by atoms with E-state index in [1.165, 1.54) is 5.56 Å². The van der Waals surface area contributed by atoms with Crippen LogP contribution < -0.4 is 10.1 Å². The lowest BCUT2D eigenvalue weighted by Crippen LogP contribution is -2.29. The van der Waals surface area contributed by atoms with Crippen molar-refractivity contribution < 1.29 is 9.15 Å². The maximum absolute atomic E-state index is 5.86. The van der Waals surface area contributed by atoms with Crippen LogP contribution in [0.1, 0.15) is 11.3 Å². The normalized spacial score (nSPS) is 17.5. The van der Waals surface area contributed by atoms with E-state index in [0.29, 0.717) is 0 Å². The molecule has 94 valence electrons. The molecule has 0 aliphatic carbocycles. The van der Waals surface area contributed by atoms with Crippen molar-refractivity contribution in [1.29, 1.82) is 0 Å². The fourth-order valence-electron chi connectivity index (χ4n) is 2.17. The minimum atomic E-state index is 0.233. The highest BCUT2D eigenvalue weighted by Crippen LogP contribution is 2.27. The summed E-state index contributed by atoms with van der Waals surface area (Å²) in [6, 6.07) is 12.2. The van der Waals surface area contributed by atoms with Crippen LogP contribution in [0.4, 0.5) is 0 Å². The predicted octanol–water partition coefficient (Wildman–Crippen LogP) is 2.98. The van der Waals surface area contributed by atoms with Gasteiger partial charge in [0.2, 0.25) is 0 Å². The van der Waals surface area contributed by atoms with Crippen LogP contribution in [0.5, 0.6) is 5.75 Å². The molecule has 0 amide bonds. The molecule has 0 radical (unpaired) electrons. The van der Waals surface area contributed by atoms with Crippen molar-refractivity contribution in [3.63, 3.8) is 0 Å². The fraction of sp³-hybridized carbons (Fsp3) is 0.286. The van der Waals surface area contributed by atoms with Crippen LogP contribution in [0, 0.1) is 3.77 Å². The molecular formula is C14H14INO2. The van der Waals surface area contributed by atoms with E-state index in [4.69, 9.17) is 9.15 Å². The molecule has 1 atom stereocenters. The second-order valence-electron chi connectivity index (χ2n) is 4.39. The highest BCUT2D eigenvalue weighted by molar-refractivity contribution is 14.1. The number of furan rings is 1. The highest BCUT2D eigenvalue weighted by Gasteiger charge is 2.21. The van der Waals surface area contributed by atoms with Gasteiger partial charge in [0.05, 0.1) is 6.54 Å². The number of hydrogen-bond donors (Lipinski definition) is 1. The molecule has 1 unspecified atom stereocenters. The number of fused-ring (bicyclic) bond motifs is 1. The Hall–Kier alpha value is -1.01. The summed E-state index contributed by atoms with van der Waals surface area (Å²) in [5, 5.41) is 3.37. The van der Waals surface area contributed by atoms with Gasteiger partial charge in [0, 0.05) is 13.0 Å². The highest BCUT2D eigenvalue weighted by atomic mass is 127. The summed E-state index contributed by atoms with van der Waals surface area (Å²) in [7, 11) is 0. The Morgan fingerprint density at radius 1 is 1.22 bits per heavy atom. The van der Waals surface area contributed by atoms with Gasteiger partial charge in [-0.3, -0.25) is 0 Å². The molecule has 1 aliphatic rings. The first-order valence-corrected chi connectivity index (χ1v) is 7.08. The third-order valence-corrected chi connectivity index (χ3v) is 3.59. The number of benzene rings is 1. The average Bonchev–Trinajstić information content (AvgIpc) is 2.95. The van der Waals surface area contributed by atoms with Gasteiger partial charge in [-0.2, -0.15) is 0 Å². The molecule has 2 heterocycles. The zero-order valence-corrected chi connectivity index (χ0v) is 12.0. The van der Waals surface area contributed by atoms with E-state index in [0.717, 1.165) is 34.8 Å². The Bertz CT molecular complexity index is 513. The molecule has 1 aromatic heterocycles. The average molecular weight is 355 g/mol. The first-order valence-electron chi connectivity index (χ1n) is 6.01. The first-order chi connectivity index (χ1) is 8.81. The van der Waals surface area contributed by atoms with Crippen molar-refractivity contribution in [3.05, 3.63) is 51.5 Å². The molecule has 0 bridgehead atoms. The molecule has 3 rings (SSSR count). The molecule has 1 aromatic carbocycles. The van der Waals surface area contributed by atoms with Gasteiger partial charge in [-0.15, -0.1) is 0 Å². The molecule has 0 spiro atoms. The van der Waals surface area contributed by atoms with Crippen LogP contribution in [-0.2, 0) is 13.0 Å². The van der Waals surface area contributed by atoms with E-state index < -0.39 is 0 Å². The summed E-state index contributed by atoms with van der Waals surface area (Å²) in [5.74, 6) is 1.99. The second-order valence-corrected chi connectivity index (χ2v) is 5.45. The second kappa shape index (κ2) is 5.32. The third kappa shape index (κ3) is 2.70. The molecule has 0 fully saturated rings. The smallest absolute Gasteiger partial charge is 0.164 e. The minimum Gasteiger partial charge on any atom is -0.488 e. The zero-order chi connectivity index (χ0) is 12.4. The van der Waals surface area contributed by atoms with Gasteiger partial charge in [0.15, 0.2) is 3.77 Å². The molecule has 1 aliphatic heterocycles. The van der Waals surface area contributed by atoms with Gasteiger partial charge >= 0.3 is 0 Å². The summed E-state index contributed by atoms with van der Waals surface area (Å²) in [6.07, 6.45) is 1.22. The third-order valence-electron chi connectivity index (χ3n) is 3.01. The number of halogens is 1. The quantitative estimate of drug-likeness (QED) is 0.857. The Morgan fingerprint density at radius 3 is 2.89 bits per heavy atom. The van der Waals surface area contributed by atoms with Gasteiger partial charge in [-0.25, -0.2) is 0 Å². The topological polar surface area (TPSA) is 34.4 Å². The lowest BCUT2D eigenvalue weighted by atomic mass is 10.1. The van der Waals surface area contributed by atoms with Gasteiger partial charge in [-0.05, 0) is 46.4 Å². The number of ether oxygens (including phenoxy) is 1. The van der Waals surface area contributed by atoms with Gasteiger partial charge in [0.1, 0.15) is 17.6 Å². The summed E-state index contributed by atoms with van der Waals surface area (Å²) >= 11 is 2.17. The van der Waals surface area contributed by atoms with Crippen molar-refractivity contribution in [2.75, 3.05) is 6.54 Å². The van der Waals surface area contributed by atoms with Gasteiger partial charge < -0.3 is 14.5 Å². The first kappa shape index (κ1) is 12.0. The van der Waals surface area contributed by atoms with Crippen LogP contribution in [0.2, 0.25) is 0 Å². The largest absolute Gasteiger partial charge is 0.488 e. The number of nitrogens with one attached hydrogen (secondary N) is 1. The number of rotatable bonds is 4. The maximum Gasteiger partial charge on any atom is 0.164 e. The number of hydrogen-bond acceptors (Lipinski definition) is 3. The van der Waals surface area contributed by atoms with E-state index in [-0.39, 0.29) is 6.10 Å². The maximum atomic E-state index is 5.86. The molecule has 1 N–H and O–H groups in total. The SMILES string of the molecule is Ic1ccc(CNCC2Cc3ccccc3O2)o1. The summed E-state index contributed by atoms with van der Waals surface area (Å²) in [5.41, 5.74) is 1.30. The zero-order valence-electron chi connectivity index (χ0n) is 9.86. The molecule has 0 saturated carbocycles. The standard InChI is InChI=1S/C14H14INO2/c15-14-6-5-11(18-14)8-16-9-12-7-10-3-1-2-4-13(10)17-12/h1-6,12,16H,7-9H2. The van der Waals surface area contributed by atoms with Crippen LogP contribution in [0.25, 0.3) is 0 Å². The van der Waals surface area contributed by atoms with Crippen molar-refractivity contribution >= 4 is 22.6 Å². The summed E-state index contributed by atoms with van der Waals surface area (Å²) in [4.78, 5) is 0. The van der Waals surface area contributed by atoms with Crippen LogP contribution in [0.3, 0.4) is 0 Å². The van der Waals surface area contributed by atoms with E-state index in [2.05, 4.69) is 40.0 Å². The van der Waals surface area contributed by atoms with E-state index in [9.17, 15) is 0 Å². The lowest BCUT2D eigenvalue weighted by Gasteiger charge is -2.10. The van der Waals surface area contributed by atoms with Crippen molar-refractivity contribution in [2.45, 2.75) is 19.1 Å². The summed E-state index contributed by atoms with van der Waals surface area (Å²) < 4.78 is 12.3. The Labute approximate surface area is 120 Å². The van der Waals surface area contributed by atoms with Crippen molar-refractivity contribution in [3.8, 4) is 5.75 Å². The summed E-state index contributed by atoms with van der Waals surface area (Å²) in [6.45, 7) is 1.59. The molecule has 2 aromatic rings. The fourth-order valence-corrected chi connectivity index (χ4v) is 2.63. The number of para-hydroxylation sites is 1. The van der Waals surface area contributed by atoms with Crippen LogP contribution in [-0.4, -0.2) is 12.6 Å². The molecule has 18 heavy (non-hydrogen) atoms. The molecule has 4 heteroatoms. The van der Waals surface area contributed by atoms with Gasteiger partial charge in [0.25, 0.3) is 0 Å².